The smallest absolute Gasteiger partial charge is 0.413 e. The molecular formula is C18H20N4O6S. The molecule has 1 heterocycles. The summed E-state index contributed by atoms with van der Waals surface area (Å²) in [4.78, 5) is 18.9. The number of aromatic nitrogens is 2. The minimum Gasteiger partial charge on any atom is -0.465 e. The van der Waals surface area contributed by atoms with E-state index in [-0.39, 0.29) is 16.6 Å². The molecule has 3 N–H and O–H groups in total. The van der Waals surface area contributed by atoms with E-state index in [1.165, 1.54) is 31.3 Å². The first-order chi connectivity index (χ1) is 13.8. The highest BCUT2D eigenvalue weighted by Gasteiger charge is 2.18. The summed E-state index contributed by atoms with van der Waals surface area (Å²) >= 11 is 0. The Kier molecular flexibility index (Phi) is 5.89. The average Bonchev–Trinajstić information content (AvgIpc) is 3.11. The Morgan fingerprint density at radius 1 is 1.24 bits per heavy atom. The van der Waals surface area contributed by atoms with E-state index in [1.54, 1.807) is 25.3 Å². The van der Waals surface area contributed by atoms with E-state index in [4.69, 9.17) is 14.0 Å². The minimum atomic E-state index is -4.04. The second-order valence-electron chi connectivity index (χ2n) is 6.06. The number of anilines is 2. The standard InChI is InChI=1S/C18H20N4O6S/c1-22(18(23)24)17-20-15-8-5-13(11-16(15)21-17)28-29(25,26)14-6-3-12(4-7-14)19-9-10-27-2/h3-8,11,19H,9-10H2,1-2H3,(H,20,21)(H,23,24). The maximum Gasteiger partial charge on any atom is 0.413 e. The molecule has 0 aliphatic rings. The lowest BCUT2D eigenvalue weighted by atomic mass is 10.3. The number of imidazole rings is 1. The topological polar surface area (TPSA) is 134 Å². The highest BCUT2D eigenvalue weighted by atomic mass is 32.2. The largest absolute Gasteiger partial charge is 0.465 e. The second-order valence-corrected chi connectivity index (χ2v) is 7.61. The molecule has 0 aliphatic heterocycles. The van der Waals surface area contributed by atoms with E-state index < -0.39 is 16.2 Å². The van der Waals surface area contributed by atoms with Crippen LogP contribution in [0.3, 0.4) is 0 Å². The predicted molar refractivity (Wildman–Crippen MR) is 107 cm³/mol. The highest BCUT2D eigenvalue weighted by Crippen LogP contribution is 2.25. The normalized spacial score (nSPS) is 11.4. The quantitative estimate of drug-likeness (QED) is 0.374. The van der Waals surface area contributed by atoms with E-state index in [0.717, 1.165) is 10.6 Å². The van der Waals surface area contributed by atoms with Gasteiger partial charge in [-0.25, -0.2) is 9.78 Å². The third-order valence-corrected chi connectivity index (χ3v) is 5.29. The molecule has 11 heteroatoms. The van der Waals surface area contributed by atoms with E-state index >= 15 is 0 Å². The van der Waals surface area contributed by atoms with Gasteiger partial charge < -0.3 is 24.3 Å². The van der Waals surface area contributed by atoms with Gasteiger partial charge in [0.15, 0.2) is 0 Å². The SMILES string of the molecule is COCCNc1ccc(S(=O)(=O)Oc2ccc3[nH]c(N(C)C(=O)O)nc3c2)cc1. The summed E-state index contributed by atoms with van der Waals surface area (Å²) < 4.78 is 35.2. The van der Waals surface area contributed by atoms with Crippen molar-refractivity contribution in [2.24, 2.45) is 0 Å². The summed E-state index contributed by atoms with van der Waals surface area (Å²) in [5.74, 6) is 0.180. The van der Waals surface area contributed by atoms with Crippen LogP contribution in [-0.4, -0.2) is 56.9 Å². The molecule has 3 aromatic rings. The molecule has 0 atom stereocenters. The number of carbonyl (C=O) groups is 1. The Balaban J connectivity index is 1.77. The monoisotopic (exact) mass is 420 g/mol. The predicted octanol–water partition coefficient (Wildman–Crippen LogP) is 2.50. The van der Waals surface area contributed by atoms with Crippen molar-refractivity contribution < 1.29 is 27.2 Å². The zero-order valence-electron chi connectivity index (χ0n) is 15.7. The van der Waals surface area contributed by atoms with Crippen LogP contribution in [0, 0.1) is 0 Å². The zero-order valence-corrected chi connectivity index (χ0v) is 16.6. The summed E-state index contributed by atoms with van der Waals surface area (Å²) in [5, 5.41) is 12.1. The van der Waals surface area contributed by atoms with E-state index in [9.17, 15) is 13.2 Å². The van der Waals surface area contributed by atoms with Gasteiger partial charge in [0.1, 0.15) is 10.6 Å². The van der Waals surface area contributed by atoms with Crippen molar-refractivity contribution in [1.82, 2.24) is 9.97 Å². The molecule has 0 fully saturated rings. The fourth-order valence-electron chi connectivity index (χ4n) is 2.49. The summed E-state index contributed by atoms with van der Waals surface area (Å²) in [7, 11) is -1.10. The van der Waals surface area contributed by atoms with Crippen LogP contribution in [0.15, 0.2) is 47.4 Å². The molecule has 0 spiro atoms. The number of nitrogens with one attached hydrogen (secondary N) is 2. The third kappa shape index (κ3) is 4.76. The van der Waals surface area contributed by atoms with Gasteiger partial charge >= 0.3 is 16.2 Å². The van der Waals surface area contributed by atoms with Gasteiger partial charge in [-0.3, -0.25) is 4.90 Å². The Bertz CT molecular complexity index is 1110. The summed E-state index contributed by atoms with van der Waals surface area (Å²) in [5.41, 5.74) is 1.68. The first-order valence-electron chi connectivity index (χ1n) is 8.54. The number of carboxylic acid groups (broad SMARTS) is 1. The van der Waals surface area contributed by atoms with Gasteiger partial charge in [0, 0.05) is 32.5 Å². The molecule has 0 aliphatic carbocycles. The average molecular weight is 420 g/mol. The molecule has 0 saturated heterocycles. The molecule has 10 nitrogen and oxygen atoms in total. The zero-order chi connectivity index (χ0) is 21.0. The maximum absolute atomic E-state index is 12.5. The van der Waals surface area contributed by atoms with Gasteiger partial charge in [-0.2, -0.15) is 8.42 Å². The molecular weight excluding hydrogens is 400 g/mol. The number of nitrogens with zero attached hydrogens (tertiary/aromatic N) is 2. The van der Waals surface area contributed by atoms with Crippen LogP contribution >= 0.6 is 0 Å². The molecule has 0 saturated carbocycles. The maximum atomic E-state index is 12.5. The van der Waals surface area contributed by atoms with Crippen LogP contribution in [0.2, 0.25) is 0 Å². The lowest BCUT2D eigenvalue weighted by molar-refractivity contribution is 0.203. The minimum absolute atomic E-state index is 0.00298. The number of ether oxygens (including phenoxy) is 1. The van der Waals surface area contributed by atoms with Gasteiger partial charge in [0.2, 0.25) is 5.95 Å². The highest BCUT2D eigenvalue weighted by molar-refractivity contribution is 7.87. The molecule has 3 rings (SSSR count). The number of aromatic amines is 1. The van der Waals surface area contributed by atoms with Crippen molar-refractivity contribution in [3.63, 3.8) is 0 Å². The first kappa shape index (κ1) is 20.4. The number of benzene rings is 2. The van der Waals surface area contributed by atoms with Gasteiger partial charge in [-0.15, -0.1) is 0 Å². The first-order valence-corrected chi connectivity index (χ1v) is 9.95. The number of amides is 1. The van der Waals surface area contributed by atoms with Crippen LogP contribution in [0.1, 0.15) is 0 Å². The van der Waals surface area contributed by atoms with Crippen LogP contribution in [0.5, 0.6) is 5.75 Å². The van der Waals surface area contributed by atoms with E-state index in [1.807, 2.05) is 0 Å². The lowest BCUT2D eigenvalue weighted by Crippen LogP contribution is -2.24. The molecule has 0 bridgehead atoms. The molecule has 1 amide bonds. The van der Waals surface area contributed by atoms with Crippen molar-refractivity contribution in [3.05, 3.63) is 42.5 Å². The number of hydrogen-bond donors (Lipinski definition) is 3. The van der Waals surface area contributed by atoms with E-state index in [2.05, 4.69) is 15.3 Å². The Labute approximate surface area is 167 Å². The summed E-state index contributed by atoms with van der Waals surface area (Å²) in [6, 6.07) is 10.6. The van der Waals surface area contributed by atoms with Gasteiger partial charge in [0.05, 0.1) is 17.6 Å². The molecule has 2 aromatic carbocycles. The van der Waals surface area contributed by atoms with Crippen molar-refractivity contribution in [2.75, 3.05) is 37.5 Å². The second kappa shape index (κ2) is 8.37. The molecule has 0 unspecified atom stereocenters. The molecule has 1 aromatic heterocycles. The van der Waals surface area contributed by atoms with Crippen molar-refractivity contribution in [2.45, 2.75) is 4.90 Å². The Hall–Kier alpha value is -3.31. The fourth-order valence-corrected chi connectivity index (χ4v) is 3.41. The number of rotatable bonds is 8. The molecule has 154 valence electrons. The lowest BCUT2D eigenvalue weighted by Gasteiger charge is -2.09. The molecule has 29 heavy (non-hydrogen) atoms. The van der Waals surface area contributed by atoms with Gasteiger partial charge in [-0.1, -0.05) is 0 Å². The van der Waals surface area contributed by atoms with Crippen LogP contribution in [0.25, 0.3) is 11.0 Å². The number of fused-ring (bicyclic) bond motifs is 1. The van der Waals surface area contributed by atoms with Crippen molar-refractivity contribution >= 4 is 38.9 Å². The van der Waals surface area contributed by atoms with Gasteiger partial charge in [-0.05, 0) is 36.4 Å². The number of hydrogen-bond acceptors (Lipinski definition) is 7. The van der Waals surface area contributed by atoms with Gasteiger partial charge in [0.25, 0.3) is 0 Å². The summed E-state index contributed by atoms with van der Waals surface area (Å²) in [6.45, 7) is 1.13. The van der Waals surface area contributed by atoms with Crippen LogP contribution in [0.4, 0.5) is 16.4 Å². The van der Waals surface area contributed by atoms with E-state index in [0.29, 0.717) is 24.2 Å². The van der Waals surface area contributed by atoms with Crippen LogP contribution in [-0.2, 0) is 14.9 Å². The Morgan fingerprint density at radius 2 is 1.97 bits per heavy atom. The van der Waals surface area contributed by atoms with Crippen molar-refractivity contribution in [3.8, 4) is 5.75 Å². The third-order valence-electron chi connectivity index (χ3n) is 4.03. The van der Waals surface area contributed by atoms with Crippen molar-refractivity contribution in [1.29, 1.82) is 0 Å². The molecule has 0 radical (unpaired) electrons. The number of methoxy groups -OCH3 is 1. The number of H-pyrrole nitrogens is 1. The Morgan fingerprint density at radius 3 is 2.62 bits per heavy atom. The fraction of sp³-hybridized carbons (Fsp3) is 0.222. The summed E-state index contributed by atoms with van der Waals surface area (Å²) in [6.07, 6.45) is -1.18. The van der Waals surface area contributed by atoms with Crippen LogP contribution < -0.4 is 14.4 Å².